The van der Waals surface area contributed by atoms with Gasteiger partial charge in [0.25, 0.3) is 0 Å². The van der Waals surface area contributed by atoms with Crippen LogP contribution < -0.4 is 10.6 Å². The van der Waals surface area contributed by atoms with Crippen LogP contribution in [0.5, 0.6) is 0 Å². The Labute approximate surface area is 132 Å². The molecule has 1 aromatic heterocycles. The molecule has 5 nitrogen and oxygen atoms in total. The Morgan fingerprint density at radius 3 is 2.71 bits per heavy atom. The monoisotopic (exact) mass is 351 g/mol. The van der Waals surface area contributed by atoms with Crippen molar-refractivity contribution in [1.82, 2.24) is 10.5 Å². The van der Waals surface area contributed by atoms with E-state index >= 15 is 0 Å². The second kappa shape index (κ2) is 6.87. The summed E-state index contributed by atoms with van der Waals surface area (Å²) >= 11 is 3.40. The number of benzene rings is 1. The van der Waals surface area contributed by atoms with Crippen LogP contribution in [0, 0.1) is 13.8 Å². The van der Waals surface area contributed by atoms with E-state index in [4.69, 9.17) is 4.52 Å². The molecule has 1 amide bonds. The topological polar surface area (TPSA) is 67.2 Å². The molecule has 112 valence electrons. The van der Waals surface area contributed by atoms with Crippen LogP contribution in [0.1, 0.15) is 30.0 Å². The summed E-state index contributed by atoms with van der Waals surface area (Å²) < 4.78 is 6.00. The number of halogens is 1. The lowest BCUT2D eigenvalue weighted by atomic mass is 10.1. The zero-order chi connectivity index (χ0) is 15.4. The molecule has 0 bridgehead atoms. The predicted octanol–water partition coefficient (Wildman–Crippen LogP) is 3.34. The average molecular weight is 352 g/mol. The summed E-state index contributed by atoms with van der Waals surface area (Å²) in [5, 5.41) is 9.95. The van der Waals surface area contributed by atoms with Gasteiger partial charge in [0.1, 0.15) is 5.76 Å². The Bertz CT molecular complexity index is 620. The van der Waals surface area contributed by atoms with Crippen LogP contribution in [-0.4, -0.2) is 17.6 Å². The Kier molecular flexibility index (Phi) is 5.14. The van der Waals surface area contributed by atoms with E-state index in [1.807, 2.05) is 45.0 Å². The van der Waals surface area contributed by atoms with Gasteiger partial charge in [-0.1, -0.05) is 17.3 Å². The van der Waals surface area contributed by atoms with Gasteiger partial charge < -0.3 is 15.2 Å². The van der Waals surface area contributed by atoms with Crippen molar-refractivity contribution in [1.29, 1.82) is 0 Å². The van der Waals surface area contributed by atoms with E-state index in [9.17, 15) is 4.79 Å². The van der Waals surface area contributed by atoms with Crippen molar-refractivity contribution in [3.63, 3.8) is 0 Å². The molecule has 0 aliphatic heterocycles. The maximum atomic E-state index is 12.0. The van der Waals surface area contributed by atoms with Crippen LogP contribution in [0.2, 0.25) is 0 Å². The van der Waals surface area contributed by atoms with Crippen LogP contribution in [0.25, 0.3) is 0 Å². The molecule has 2 aromatic rings. The number of carbonyl (C=O) groups is 1. The lowest BCUT2D eigenvalue weighted by Gasteiger charge is -2.14. The minimum atomic E-state index is -0.0967. The van der Waals surface area contributed by atoms with Crippen molar-refractivity contribution in [3.05, 3.63) is 45.8 Å². The molecule has 0 aliphatic carbocycles. The van der Waals surface area contributed by atoms with Gasteiger partial charge in [-0.15, -0.1) is 0 Å². The fraction of sp³-hybridized carbons (Fsp3) is 0.333. The van der Waals surface area contributed by atoms with Crippen molar-refractivity contribution in [3.8, 4) is 0 Å². The van der Waals surface area contributed by atoms with Crippen molar-refractivity contribution >= 4 is 27.5 Å². The van der Waals surface area contributed by atoms with Gasteiger partial charge >= 0.3 is 0 Å². The van der Waals surface area contributed by atoms with Crippen LogP contribution in [0.4, 0.5) is 5.69 Å². The molecule has 2 N–H and O–H groups in total. The molecule has 0 radical (unpaired) electrons. The molecule has 0 aliphatic rings. The maximum absolute atomic E-state index is 12.0. The molecule has 0 saturated heterocycles. The third-order valence-corrected chi connectivity index (χ3v) is 3.93. The maximum Gasteiger partial charge on any atom is 0.238 e. The number of hydrogen-bond donors (Lipinski definition) is 2. The van der Waals surface area contributed by atoms with Gasteiger partial charge in [-0.3, -0.25) is 4.79 Å². The number of carbonyl (C=O) groups excluding carboxylic acids is 1. The van der Waals surface area contributed by atoms with Gasteiger partial charge in [0.15, 0.2) is 0 Å². The Morgan fingerprint density at radius 2 is 2.10 bits per heavy atom. The number of amides is 1. The summed E-state index contributed by atoms with van der Waals surface area (Å²) in [6, 6.07) is 7.51. The number of nitrogens with zero attached hydrogens (tertiary/aromatic N) is 1. The highest BCUT2D eigenvalue weighted by atomic mass is 79.9. The van der Waals surface area contributed by atoms with Crippen molar-refractivity contribution in [2.75, 3.05) is 11.9 Å². The molecule has 1 aromatic carbocycles. The number of rotatable bonds is 5. The lowest BCUT2D eigenvalue weighted by Crippen LogP contribution is -2.30. The molecule has 6 heteroatoms. The van der Waals surface area contributed by atoms with E-state index in [-0.39, 0.29) is 18.5 Å². The highest BCUT2D eigenvalue weighted by Gasteiger charge is 2.16. The smallest absolute Gasteiger partial charge is 0.238 e. The van der Waals surface area contributed by atoms with Gasteiger partial charge in [0.05, 0.1) is 17.9 Å². The van der Waals surface area contributed by atoms with Crippen LogP contribution in [0.15, 0.2) is 33.3 Å². The number of hydrogen-bond acceptors (Lipinski definition) is 4. The first-order valence-corrected chi connectivity index (χ1v) is 7.49. The molecule has 0 fully saturated rings. The summed E-state index contributed by atoms with van der Waals surface area (Å²) in [6.45, 7) is 5.96. The highest BCUT2D eigenvalue weighted by molar-refractivity contribution is 9.10. The molecule has 2 rings (SSSR count). The molecule has 0 saturated carbocycles. The summed E-state index contributed by atoms with van der Waals surface area (Å²) in [4.78, 5) is 12.0. The fourth-order valence-corrected chi connectivity index (χ4v) is 2.60. The number of aromatic nitrogens is 1. The first-order chi connectivity index (χ1) is 9.99. The molecule has 21 heavy (non-hydrogen) atoms. The first kappa shape index (κ1) is 15.7. The van der Waals surface area contributed by atoms with Gasteiger partial charge in [0, 0.05) is 16.1 Å². The van der Waals surface area contributed by atoms with Gasteiger partial charge in [-0.25, -0.2) is 0 Å². The van der Waals surface area contributed by atoms with Crippen LogP contribution in [-0.2, 0) is 4.79 Å². The molecular weight excluding hydrogens is 334 g/mol. The molecule has 0 spiro atoms. The fourth-order valence-electron chi connectivity index (χ4n) is 2.21. The number of aryl methyl sites for hydroxylation is 2. The number of nitrogens with one attached hydrogen (secondary N) is 2. The molecular formula is C15H18BrN3O2. The third-order valence-electron chi connectivity index (χ3n) is 3.24. The van der Waals surface area contributed by atoms with E-state index in [0.717, 1.165) is 27.2 Å². The van der Waals surface area contributed by atoms with Gasteiger partial charge in [0.2, 0.25) is 5.91 Å². The van der Waals surface area contributed by atoms with Gasteiger partial charge in [-0.2, -0.15) is 0 Å². The number of para-hydroxylation sites is 1. The average Bonchev–Trinajstić information content (AvgIpc) is 2.78. The van der Waals surface area contributed by atoms with Gasteiger partial charge in [-0.05, 0) is 48.8 Å². The quantitative estimate of drug-likeness (QED) is 0.866. The Balaban J connectivity index is 1.91. The van der Waals surface area contributed by atoms with Crippen molar-refractivity contribution < 1.29 is 9.32 Å². The van der Waals surface area contributed by atoms with E-state index < -0.39 is 0 Å². The van der Waals surface area contributed by atoms with E-state index in [1.54, 1.807) is 0 Å². The summed E-state index contributed by atoms with van der Waals surface area (Å²) in [5.74, 6) is 0.680. The third kappa shape index (κ3) is 3.92. The zero-order valence-electron chi connectivity index (χ0n) is 12.2. The minimum Gasteiger partial charge on any atom is -0.361 e. The second-order valence-corrected chi connectivity index (χ2v) is 5.72. The first-order valence-electron chi connectivity index (χ1n) is 6.69. The molecule has 1 heterocycles. The molecule has 1 atom stereocenters. The van der Waals surface area contributed by atoms with E-state index in [2.05, 4.69) is 31.7 Å². The zero-order valence-corrected chi connectivity index (χ0v) is 13.8. The molecule has 1 unspecified atom stereocenters. The van der Waals surface area contributed by atoms with E-state index in [1.165, 1.54) is 0 Å². The summed E-state index contributed by atoms with van der Waals surface area (Å²) in [5.41, 5.74) is 2.61. The number of anilines is 1. The standard InChI is InChI=1S/C15H18BrN3O2/c1-9(15-10(2)19-21-11(15)3)17-8-14(20)18-13-7-5-4-6-12(13)16/h4-7,9,17H,8H2,1-3H3,(H,18,20). The lowest BCUT2D eigenvalue weighted by molar-refractivity contribution is -0.115. The predicted molar refractivity (Wildman–Crippen MR) is 85.2 cm³/mol. The largest absolute Gasteiger partial charge is 0.361 e. The normalized spacial score (nSPS) is 12.2. The minimum absolute atomic E-state index is 0.00112. The second-order valence-electron chi connectivity index (χ2n) is 4.87. The SMILES string of the molecule is Cc1noc(C)c1C(C)NCC(=O)Nc1ccccc1Br. The highest BCUT2D eigenvalue weighted by Crippen LogP contribution is 2.22. The van der Waals surface area contributed by atoms with Crippen molar-refractivity contribution in [2.24, 2.45) is 0 Å². The summed E-state index contributed by atoms with van der Waals surface area (Å²) in [6.07, 6.45) is 0. The van der Waals surface area contributed by atoms with Crippen LogP contribution in [0.3, 0.4) is 0 Å². The van der Waals surface area contributed by atoms with E-state index in [0.29, 0.717) is 0 Å². The summed E-state index contributed by atoms with van der Waals surface area (Å²) in [7, 11) is 0. The Morgan fingerprint density at radius 1 is 1.38 bits per heavy atom. The van der Waals surface area contributed by atoms with Crippen molar-refractivity contribution in [2.45, 2.75) is 26.8 Å². The Hall–Kier alpha value is -1.66. The van der Waals surface area contributed by atoms with Crippen LogP contribution >= 0.6 is 15.9 Å².